The van der Waals surface area contributed by atoms with Gasteiger partial charge in [-0.3, -0.25) is 0 Å². The molecule has 1 aliphatic rings. The third-order valence-electron chi connectivity index (χ3n) is 2.60. The van der Waals surface area contributed by atoms with Crippen molar-refractivity contribution in [1.29, 1.82) is 0 Å². The Morgan fingerprint density at radius 3 is 3.00 bits per heavy atom. The van der Waals surface area contributed by atoms with Crippen molar-refractivity contribution in [3.8, 4) is 0 Å². The summed E-state index contributed by atoms with van der Waals surface area (Å²) in [4.78, 5) is 0. The lowest BCUT2D eigenvalue weighted by Crippen LogP contribution is -2.29. The van der Waals surface area contributed by atoms with E-state index in [1.54, 1.807) is 0 Å². The molecule has 2 heteroatoms. The van der Waals surface area contributed by atoms with Gasteiger partial charge in [-0.2, -0.15) is 0 Å². The van der Waals surface area contributed by atoms with E-state index in [0.717, 1.165) is 17.3 Å². The molecule has 1 aromatic carbocycles. The van der Waals surface area contributed by atoms with Crippen molar-refractivity contribution in [3.63, 3.8) is 0 Å². The maximum atomic E-state index is 6.12. The Morgan fingerprint density at radius 2 is 2.25 bits per heavy atom. The van der Waals surface area contributed by atoms with Gasteiger partial charge in [0, 0.05) is 10.0 Å². The first-order valence-electron chi connectivity index (χ1n) is 4.17. The van der Waals surface area contributed by atoms with Gasteiger partial charge in [-0.05, 0) is 43.0 Å². The number of hydrogen-bond donors (Lipinski definition) is 1. The highest BCUT2D eigenvalue weighted by molar-refractivity contribution is 9.10. The van der Waals surface area contributed by atoms with Gasteiger partial charge in [0.1, 0.15) is 0 Å². The van der Waals surface area contributed by atoms with Crippen LogP contribution in [0.2, 0.25) is 0 Å². The Morgan fingerprint density at radius 1 is 1.50 bits per heavy atom. The van der Waals surface area contributed by atoms with Gasteiger partial charge in [0.15, 0.2) is 0 Å². The summed E-state index contributed by atoms with van der Waals surface area (Å²) in [6.07, 6.45) is 2.18. The van der Waals surface area contributed by atoms with Crippen molar-refractivity contribution < 1.29 is 0 Å². The van der Waals surface area contributed by atoms with Gasteiger partial charge in [-0.25, -0.2) is 0 Å². The fourth-order valence-electron chi connectivity index (χ4n) is 1.86. The molecule has 0 heterocycles. The van der Waals surface area contributed by atoms with Gasteiger partial charge >= 0.3 is 0 Å². The molecule has 0 fully saturated rings. The minimum absolute atomic E-state index is 0.101. The molecule has 64 valence electrons. The predicted molar refractivity (Wildman–Crippen MR) is 54.0 cm³/mol. The van der Waals surface area contributed by atoms with Crippen molar-refractivity contribution in [3.05, 3.63) is 33.8 Å². The number of aryl methyl sites for hydroxylation is 1. The van der Waals surface area contributed by atoms with Gasteiger partial charge in [0.2, 0.25) is 0 Å². The van der Waals surface area contributed by atoms with E-state index < -0.39 is 0 Å². The van der Waals surface area contributed by atoms with Crippen LogP contribution in [-0.4, -0.2) is 0 Å². The molecule has 1 atom stereocenters. The molecule has 0 aliphatic heterocycles. The molecule has 1 aromatic rings. The Hall–Kier alpha value is -0.340. The van der Waals surface area contributed by atoms with Crippen LogP contribution in [0.1, 0.15) is 24.5 Å². The zero-order valence-corrected chi connectivity index (χ0v) is 8.69. The summed E-state index contributed by atoms with van der Waals surface area (Å²) in [5.74, 6) is 0. The van der Waals surface area contributed by atoms with E-state index in [1.807, 2.05) is 0 Å². The predicted octanol–water partition coefficient (Wildman–Crippen LogP) is 2.57. The summed E-state index contributed by atoms with van der Waals surface area (Å²) in [5.41, 5.74) is 8.73. The number of nitrogens with two attached hydrogens (primary N) is 1. The molecule has 0 unspecified atom stereocenters. The second-order valence-corrected chi connectivity index (χ2v) is 4.63. The number of rotatable bonds is 0. The van der Waals surface area contributed by atoms with Crippen LogP contribution in [0.25, 0.3) is 0 Å². The first-order valence-corrected chi connectivity index (χ1v) is 4.97. The molecule has 0 radical (unpaired) electrons. The minimum Gasteiger partial charge on any atom is -0.322 e. The normalized spacial score (nSPS) is 27.2. The van der Waals surface area contributed by atoms with Crippen molar-refractivity contribution in [2.75, 3.05) is 0 Å². The van der Waals surface area contributed by atoms with E-state index in [-0.39, 0.29) is 5.54 Å². The summed E-state index contributed by atoms with van der Waals surface area (Å²) in [6.45, 7) is 2.10. The molecule has 0 aromatic heterocycles. The topological polar surface area (TPSA) is 26.0 Å². The smallest absolute Gasteiger partial charge is 0.0386 e. The first-order chi connectivity index (χ1) is 5.59. The number of benzene rings is 1. The van der Waals surface area contributed by atoms with Crippen LogP contribution >= 0.6 is 15.9 Å². The van der Waals surface area contributed by atoms with E-state index >= 15 is 0 Å². The van der Waals surface area contributed by atoms with Gasteiger partial charge < -0.3 is 5.73 Å². The van der Waals surface area contributed by atoms with Crippen LogP contribution in [0.3, 0.4) is 0 Å². The highest BCUT2D eigenvalue weighted by Crippen LogP contribution is 2.35. The van der Waals surface area contributed by atoms with Crippen LogP contribution in [0.4, 0.5) is 0 Å². The van der Waals surface area contributed by atoms with Crippen molar-refractivity contribution in [1.82, 2.24) is 0 Å². The Labute approximate surface area is 81.1 Å². The van der Waals surface area contributed by atoms with Crippen LogP contribution in [-0.2, 0) is 12.0 Å². The molecule has 0 saturated heterocycles. The summed E-state index contributed by atoms with van der Waals surface area (Å²) in [6, 6.07) is 6.37. The summed E-state index contributed by atoms with van der Waals surface area (Å²) in [7, 11) is 0. The third-order valence-corrected chi connectivity index (χ3v) is 3.09. The highest BCUT2D eigenvalue weighted by atomic mass is 79.9. The van der Waals surface area contributed by atoms with E-state index in [9.17, 15) is 0 Å². The lowest BCUT2D eigenvalue weighted by atomic mass is 9.96. The average molecular weight is 226 g/mol. The SMILES string of the molecule is C[C@@]1(N)CCc2cc(Br)ccc21. The molecule has 1 nitrogen and oxygen atoms in total. The zero-order chi connectivity index (χ0) is 8.77. The zero-order valence-electron chi connectivity index (χ0n) is 7.10. The standard InChI is InChI=1S/C10H12BrN/c1-10(12)5-4-7-6-8(11)2-3-9(7)10/h2-3,6H,4-5,12H2,1H3/t10-/m1/s1. The molecular weight excluding hydrogens is 214 g/mol. The second kappa shape index (κ2) is 2.57. The van der Waals surface area contributed by atoms with E-state index in [1.165, 1.54) is 11.1 Å². The first kappa shape index (κ1) is 8.27. The molecule has 0 spiro atoms. The largest absolute Gasteiger partial charge is 0.322 e. The molecular formula is C10H12BrN. The molecule has 12 heavy (non-hydrogen) atoms. The number of halogens is 1. The maximum Gasteiger partial charge on any atom is 0.0386 e. The minimum atomic E-state index is -0.101. The monoisotopic (exact) mass is 225 g/mol. The lowest BCUT2D eigenvalue weighted by molar-refractivity contribution is 0.492. The Kier molecular flexibility index (Phi) is 1.77. The molecule has 2 rings (SSSR count). The highest BCUT2D eigenvalue weighted by Gasteiger charge is 2.29. The number of fused-ring (bicyclic) bond motifs is 1. The molecule has 1 aliphatic carbocycles. The molecule has 0 saturated carbocycles. The summed E-state index contributed by atoms with van der Waals surface area (Å²) < 4.78 is 1.15. The van der Waals surface area contributed by atoms with Crippen molar-refractivity contribution >= 4 is 15.9 Å². The van der Waals surface area contributed by atoms with Crippen molar-refractivity contribution in [2.45, 2.75) is 25.3 Å². The second-order valence-electron chi connectivity index (χ2n) is 3.72. The molecule has 0 bridgehead atoms. The maximum absolute atomic E-state index is 6.12. The van der Waals surface area contributed by atoms with Gasteiger partial charge in [-0.1, -0.05) is 22.0 Å². The number of hydrogen-bond acceptors (Lipinski definition) is 1. The quantitative estimate of drug-likeness (QED) is 0.722. The van der Waals surface area contributed by atoms with Crippen LogP contribution < -0.4 is 5.73 Å². The van der Waals surface area contributed by atoms with Gasteiger partial charge in [0.05, 0.1) is 0 Å². The lowest BCUT2D eigenvalue weighted by Gasteiger charge is -2.18. The van der Waals surface area contributed by atoms with Crippen LogP contribution in [0, 0.1) is 0 Å². The third kappa shape index (κ3) is 1.19. The summed E-state index contributed by atoms with van der Waals surface area (Å²) in [5, 5.41) is 0. The average Bonchev–Trinajstić information content (AvgIpc) is 2.27. The fourth-order valence-corrected chi connectivity index (χ4v) is 2.26. The summed E-state index contributed by atoms with van der Waals surface area (Å²) >= 11 is 3.46. The van der Waals surface area contributed by atoms with Crippen molar-refractivity contribution in [2.24, 2.45) is 5.73 Å². The Balaban J connectivity index is 2.55. The van der Waals surface area contributed by atoms with E-state index in [4.69, 9.17) is 5.73 Å². The Bertz CT molecular complexity index is 318. The van der Waals surface area contributed by atoms with Gasteiger partial charge in [0.25, 0.3) is 0 Å². The fraction of sp³-hybridized carbons (Fsp3) is 0.400. The molecule has 2 N–H and O–H groups in total. The van der Waals surface area contributed by atoms with E-state index in [0.29, 0.717) is 0 Å². The van der Waals surface area contributed by atoms with Crippen LogP contribution in [0.15, 0.2) is 22.7 Å². The van der Waals surface area contributed by atoms with Gasteiger partial charge in [-0.15, -0.1) is 0 Å². The van der Waals surface area contributed by atoms with Crippen LogP contribution in [0.5, 0.6) is 0 Å². The van der Waals surface area contributed by atoms with E-state index in [2.05, 4.69) is 41.1 Å². The molecule has 0 amide bonds.